The van der Waals surface area contributed by atoms with Gasteiger partial charge in [0.05, 0.1) is 10.7 Å². The Balaban J connectivity index is 0.000000612. The number of carbonyl (C=O) groups is 1. The van der Waals surface area contributed by atoms with Crippen LogP contribution < -0.4 is 10.6 Å². The van der Waals surface area contributed by atoms with Crippen molar-refractivity contribution in [2.24, 2.45) is 0 Å². The number of aromatic nitrogens is 1. The predicted molar refractivity (Wildman–Crippen MR) is 118 cm³/mol. The van der Waals surface area contributed by atoms with E-state index in [1.807, 2.05) is 17.9 Å². The van der Waals surface area contributed by atoms with Gasteiger partial charge in [-0.3, -0.25) is 14.9 Å². The molecule has 0 aliphatic carbocycles. The number of rotatable bonds is 11. The molecule has 2 N–H and O–H groups in total. The van der Waals surface area contributed by atoms with Gasteiger partial charge in [0.25, 0.3) is 6.20 Å². The molecular weight excluding hydrogens is 457 g/mol. The lowest BCUT2D eigenvalue weighted by Crippen LogP contribution is -2.30. The molecule has 170 valence electrons. The molecule has 0 saturated heterocycles. The van der Waals surface area contributed by atoms with Gasteiger partial charge in [-0.15, -0.1) is 0 Å². The van der Waals surface area contributed by atoms with E-state index in [0.29, 0.717) is 24.1 Å². The van der Waals surface area contributed by atoms with Crippen molar-refractivity contribution in [3.63, 3.8) is 0 Å². The molecule has 1 aromatic rings. The van der Waals surface area contributed by atoms with Crippen LogP contribution in [0.1, 0.15) is 12.5 Å². The van der Waals surface area contributed by atoms with E-state index in [2.05, 4.69) is 24.7 Å². The van der Waals surface area contributed by atoms with Gasteiger partial charge in [0.2, 0.25) is 5.91 Å². The van der Waals surface area contributed by atoms with Gasteiger partial charge in [0.1, 0.15) is 5.15 Å². The van der Waals surface area contributed by atoms with Crippen LogP contribution in [0.2, 0.25) is 5.15 Å². The maximum Gasteiger partial charge on any atom is 0.389 e. The van der Waals surface area contributed by atoms with Crippen LogP contribution in [0.15, 0.2) is 30.4 Å². The number of halogens is 1. The molecule has 0 unspecified atom stereocenters. The van der Waals surface area contributed by atoms with Crippen LogP contribution in [0.25, 0.3) is 0 Å². The maximum atomic E-state index is 11.3. The molecule has 0 aromatic carbocycles. The highest BCUT2D eigenvalue weighted by atomic mass is 35.5. The van der Waals surface area contributed by atoms with Crippen molar-refractivity contribution >= 4 is 35.7 Å². The molecule has 0 saturated carbocycles. The second-order valence-electron chi connectivity index (χ2n) is 5.31. The fourth-order valence-corrected chi connectivity index (χ4v) is 4.23. The highest BCUT2D eigenvalue weighted by Gasteiger charge is 2.22. The van der Waals surface area contributed by atoms with E-state index in [1.165, 1.54) is 21.3 Å². The zero-order valence-electron chi connectivity index (χ0n) is 17.5. The van der Waals surface area contributed by atoms with Gasteiger partial charge in [-0.05, 0) is 29.9 Å². The first-order chi connectivity index (χ1) is 14.1. The number of nitro groups is 1. The van der Waals surface area contributed by atoms with Crippen LogP contribution in [-0.4, -0.2) is 61.3 Å². The Morgan fingerprint density at radius 3 is 2.40 bits per heavy atom. The van der Waals surface area contributed by atoms with Crippen LogP contribution >= 0.6 is 29.8 Å². The third kappa shape index (κ3) is 11.4. The summed E-state index contributed by atoms with van der Waals surface area (Å²) in [5.74, 6) is 0.307. The Kier molecular flexibility index (Phi) is 14.1. The van der Waals surface area contributed by atoms with Crippen molar-refractivity contribution in [3.05, 3.63) is 51.2 Å². The number of amides is 1. The number of hydrogen-bond acceptors (Lipinski definition) is 10. The first-order valence-electron chi connectivity index (χ1n) is 8.59. The lowest BCUT2D eigenvalue weighted by atomic mass is 10.2. The second kappa shape index (κ2) is 15.0. The summed E-state index contributed by atoms with van der Waals surface area (Å²) in [6.07, 6.45) is 2.61. The fourth-order valence-electron chi connectivity index (χ4n) is 1.88. The first kappa shape index (κ1) is 28.1. The van der Waals surface area contributed by atoms with Crippen LogP contribution in [0.5, 0.6) is 0 Å². The van der Waals surface area contributed by atoms with Gasteiger partial charge in [0.15, 0.2) is 5.82 Å². The highest BCUT2D eigenvalue weighted by Crippen LogP contribution is 2.59. The molecule has 0 aliphatic rings. The number of hydrogen-bond donors (Lipinski definition) is 2. The van der Waals surface area contributed by atoms with E-state index in [9.17, 15) is 19.5 Å². The van der Waals surface area contributed by atoms with Gasteiger partial charge in [-0.25, -0.2) is 9.55 Å². The summed E-state index contributed by atoms with van der Waals surface area (Å²) in [6, 6.07) is 3.54. The van der Waals surface area contributed by atoms with E-state index >= 15 is 0 Å². The zero-order chi connectivity index (χ0) is 23.2. The molecule has 1 amide bonds. The molecule has 14 heteroatoms. The number of nitrogens with zero attached hydrogens (tertiary/aromatic N) is 3. The third-order valence-corrected chi connectivity index (χ3v) is 7.50. The summed E-state index contributed by atoms with van der Waals surface area (Å²) in [5, 5.41) is 16.2. The minimum Gasteiger partial charge on any atom is -0.370 e. The maximum absolute atomic E-state index is 11.3. The topological polar surface area (TPSA) is 136 Å². The lowest BCUT2D eigenvalue weighted by molar-refractivity contribution is -0.404. The largest absolute Gasteiger partial charge is 0.389 e. The Labute approximate surface area is 185 Å². The quantitative estimate of drug-likeness (QED) is 0.209. The fraction of sp³-hybridized carbons (Fsp3) is 0.500. The molecule has 0 spiro atoms. The van der Waals surface area contributed by atoms with Crippen LogP contribution in [0.4, 0.5) is 0 Å². The van der Waals surface area contributed by atoms with Gasteiger partial charge in [-0.2, -0.15) is 0 Å². The molecule has 0 atom stereocenters. The average Bonchev–Trinajstić information content (AvgIpc) is 2.75. The second-order valence-corrected chi connectivity index (χ2v) is 9.99. The lowest BCUT2D eigenvalue weighted by Gasteiger charge is -2.23. The van der Waals surface area contributed by atoms with E-state index in [0.717, 1.165) is 23.1 Å². The molecular formula is C16H27ClN5O6PS. The number of carbonyl (C=O) groups excluding carboxylic acids is 1. The Morgan fingerprint density at radius 2 is 2.00 bits per heavy atom. The molecule has 0 fully saturated rings. The normalized spacial score (nSPS) is 11.2. The molecule has 30 heavy (non-hydrogen) atoms. The Morgan fingerprint density at radius 1 is 1.37 bits per heavy atom. The van der Waals surface area contributed by atoms with Crippen LogP contribution in [0, 0.1) is 10.1 Å². The first-order valence-corrected chi connectivity index (χ1v) is 12.1. The Hall–Kier alpha value is -1.85. The molecule has 0 aliphatic heterocycles. The van der Waals surface area contributed by atoms with Crippen molar-refractivity contribution in [1.82, 2.24) is 20.5 Å². The van der Waals surface area contributed by atoms with Gasteiger partial charge in [-0.1, -0.05) is 17.7 Å². The monoisotopic (exact) mass is 483 g/mol. The molecule has 0 bridgehead atoms. The van der Waals surface area contributed by atoms with Crippen molar-refractivity contribution in [1.29, 1.82) is 0 Å². The summed E-state index contributed by atoms with van der Waals surface area (Å²) in [6.45, 7) is 0.00366. The SMILES string of the molecule is CCN(Cc1ccc(Cl)nc1)/C(=C/[N+](=O)[O-])NC.CNC(=O)CSP(=O)(OC)OC. The van der Waals surface area contributed by atoms with E-state index in [-0.39, 0.29) is 11.7 Å². The number of pyridine rings is 1. The van der Waals surface area contributed by atoms with Crippen molar-refractivity contribution < 1.29 is 23.3 Å². The Bertz CT molecular complexity index is 744. The van der Waals surface area contributed by atoms with Gasteiger partial charge in [0, 0.05) is 47.6 Å². The van der Waals surface area contributed by atoms with Crippen molar-refractivity contribution in [3.8, 4) is 0 Å². The molecule has 1 rings (SSSR count). The van der Waals surface area contributed by atoms with E-state index < -0.39 is 11.7 Å². The van der Waals surface area contributed by atoms with Gasteiger partial charge < -0.3 is 24.6 Å². The summed E-state index contributed by atoms with van der Waals surface area (Å²) in [5.41, 5.74) is 0.936. The predicted octanol–water partition coefficient (Wildman–Crippen LogP) is 2.72. The third-order valence-electron chi connectivity index (χ3n) is 3.45. The molecule has 11 nitrogen and oxygen atoms in total. The minimum absolute atomic E-state index is 0.0649. The molecule has 1 aromatic heterocycles. The summed E-state index contributed by atoms with van der Waals surface area (Å²) in [7, 11) is 5.72. The van der Waals surface area contributed by atoms with Crippen LogP contribution in [0.3, 0.4) is 0 Å². The highest BCUT2D eigenvalue weighted by molar-refractivity contribution is 8.55. The van der Waals surface area contributed by atoms with Crippen LogP contribution in [-0.2, 0) is 25.0 Å². The van der Waals surface area contributed by atoms with E-state index in [4.69, 9.17) is 11.6 Å². The van der Waals surface area contributed by atoms with Crippen molar-refractivity contribution in [2.45, 2.75) is 13.5 Å². The summed E-state index contributed by atoms with van der Waals surface area (Å²) in [4.78, 5) is 26.6. The molecule has 0 radical (unpaired) electrons. The smallest absolute Gasteiger partial charge is 0.370 e. The van der Waals surface area contributed by atoms with Gasteiger partial charge >= 0.3 is 6.80 Å². The summed E-state index contributed by atoms with van der Waals surface area (Å²) < 4.78 is 20.5. The standard InChI is InChI=1S/C11H15ClN4O2.C5H12NO4PS/c1-3-15(11(13-2)8-16(17)18)7-9-4-5-10(12)14-6-9;1-6-5(7)4-12-11(8,9-2)10-3/h4-6,8,13H,3,7H2,1-2H3;4H2,1-3H3,(H,6,7)/b11-8+;. The van der Waals surface area contributed by atoms with Crippen molar-refractivity contribution in [2.75, 3.05) is 40.6 Å². The minimum atomic E-state index is -3.09. The molecule has 1 heterocycles. The number of nitrogens with one attached hydrogen (secondary N) is 2. The van der Waals surface area contributed by atoms with E-state index in [1.54, 1.807) is 19.3 Å². The zero-order valence-corrected chi connectivity index (χ0v) is 19.9. The average molecular weight is 484 g/mol. The summed E-state index contributed by atoms with van der Waals surface area (Å²) >= 11 is 6.56.